The van der Waals surface area contributed by atoms with Gasteiger partial charge in [-0.05, 0) is 37.1 Å². The molecule has 1 fully saturated rings. The molecule has 1 unspecified atom stereocenters. The summed E-state index contributed by atoms with van der Waals surface area (Å²) in [5.74, 6) is 1.69. The summed E-state index contributed by atoms with van der Waals surface area (Å²) in [4.78, 5) is 11.6. The number of pyridine rings is 1. The summed E-state index contributed by atoms with van der Waals surface area (Å²) in [5, 5.41) is 8.98. The third-order valence-corrected chi connectivity index (χ3v) is 4.95. The molecule has 27 heavy (non-hydrogen) atoms. The molecule has 1 aliphatic heterocycles. The second kappa shape index (κ2) is 7.25. The number of benzene rings is 1. The Morgan fingerprint density at radius 2 is 2.22 bits per heavy atom. The van der Waals surface area contributed by atoms with Crippen LogP contribution in [0.15, 0.2) is 36.5 Å². The SMILES string of the molecule is COc1ccc2c(c1)nc(N1CCCC(N)C1)n2Cc1ccc(C#N)cn1. The quantitative estimate of drug-likeness (QED) is 0.765. The number of fused-ring (bicyclic) bond motifs is 1. The van der Waals surface area contributed by atoms with Crippen LogP contribution in [0.25, 0.3) is 11.0 Å². The zero-order chi connectivity index (χ0) is 18.8. The molecule has 0 radical (unpaired) electrons. The predicted octanol–water partition coefficient (Wildman–Crippen LogP) is 2.29. The molecule has 0 bridgehead atoms. The van der Waals surface area contributed by atoms with Crippen molar-refractivity contribution in [3.8, 4) is 11.8 Å². The minimum atomic E-state index is 0.162. The van der Waals surface area contributed by atoms with E-state index in [1.165, 1.54) is 0 Å². The van der Waals surface area contributed by atoms with E-state index in [-0.39, 0.29) is 6.04 Å². The summed E-state index contributed by atoms with van der Waals surface area (Å²) < 4.78 is 7.52. The Labute approximate surface area is 158 Å². The number of hydrogen-bond acceptors (Lipinski definition) is 6. The first-order chi connectivity index (χ1) is 13.2. The van der Waals surface area contributed by atoms with Crippen LogP contribution in [0.2, 0.25) is 0 Å². The summed E-state index contributed by atoms with van der Waals surface area (Å²) >= 11 is 0. The molecule has 2 aromatic heterocycles. The lowest BCUT2D eigenvalue weighted by Gasteiger charge is -2.32. The monoisotopic (exact) mass is 362 g/mol. The summed E-state index contributed by atoms with van der Waals surface area (Å²) in [6.45, 7) is 2.31. The Hall–Kier alpha value is -3.11. The van der Waals surface area contributed by atoms with Crippen LogP contribution in [-0.4, -0.2) is 40.8 Å². The summed E-state index contributed by atoms with van der Waals surface area (Å²) in [6.07, 6.45) is 3.71. The fourth-order valence-electron chi connectivity index (χ4n) is 3.56. The highest BCUT2D eigenvalue weighted by Gasteiger charge is 2.23. The lowest BCUT2D eigenvalue weighted by molar-refractivity contribution is 0.415. The van der Waals surface area contributed by atoms with Gasteiger partial charge in [0.05, 0.1) is 35.9 Å². The molecule has 0 aliphatic carbocycles. The Morgan fingerprint density at radius 1 is 1.33 bits per heavy atom. The van der Waals surface area contributed by atoms with Gasteiger partial charge < -0.3 is 19.9 Å². The highest BCUT2D eigenvalue weighted by Crippen LogP contribution is 2.28. The van der Waals surface area contributed by atoms with E-state index in [2.05, 4.69) is 20.5 Å². The van der Waals surface area contributed by atoms with E-state index < -0.39 is 0 Å². The molecule has 1 saturated heterocycles. The Kier molecular flexibility index (Phi) is 4.65. The second-order valence-corrected chi connectivity index (χ2v) is 6.85. The van der Waals surface area contributed by atoms with Gasteiger partial charge in [0.25, 0.3) is 0 Å². The number of anilines is 1. The number of ether oxygens (including phenoxy) is 1. The van der Waals surface area contributed by atoms with Gasteiger partial charge in [0.2, 0.25) is 5.95 Å². The number of methoxy groups -OCH3 is 1. The average Bonchev–Trinajstić information content (AvgIpc) is 3.06. The van der Waals surface area contributed by atoms with Gasteiger partial charge in [-0.1, -0.05) is 0 Å². The van der Waals surface area contributed by atoms with Gasteiger partial charge in [-0.15, -0.1) is 0 Å². The fraction of sp³-hybridized carbons (Fsp3) is 0.350. The first kappa shape index (κ1) is 17.3. The van der Waals surface area contributed by atoms with Crippen molar-refractivity contribution in [2.75, 3.05) is 25.1 Å². The number of nitrogens with two attached hydrogens (primary N) is 1. The molecular formula is C20H22N6O. The minimum absolute atomic E-state index is 0.162. The van der Waals surface area contributed by atoms with Crippen molar-refractivity contribution in [2.24, 2.45) is 5.73 Å². The van der Waals surface area contributed by atoms with E-state index in [9.17, 15) is 0 Å². The van der Waals surface area contributed by atoms with Crippen LogP contribution in [0.1, 0.15) is 24.1 Å². The van der Waals surface area contributed by atoms with Crippen molar-refractivity contribution in [1.82, 2.24) is 14.5 Å². The van der Waals surface area contributed by atoms with Crippen molar-refractivity contribution < 1.29 is 4.74 Å². The van der Waals surface area contributed by atoms with Gasteiger partial charge in [0.1, 0.15) is 11.8 Å². The third kappa shape index (κ3) is 3.44. The van der Waals surface area contributed by atoms with Crippen LogP contribution in [0.5, 0.6) is 5.75 Å². The van der Waals surface area contributed by atoms with Crippen molar-refractivity contribution in [3.05, 3.63) is 47.8 Å². The highest BCUT2D eigenvalue weighted by molar-refractivity contribution is 5.80. The molecule has 4 rings (SSSR count). The second-order valence-electron chi connectivity index (χ2n) is 6.85. The van der Waals surface area contributed by atoms with Crippen molar-refractivity contribution in [3.63, 3.8) is 0 Å². The average molecular weight is 362 g/mol. The van der Waals surface area contributed by atoms with E-state index in [1.54, 1.807) is 19.4 Å². The van der Waals surface area contributed by atoms with Crippen molar-refractivity contribution in [2.45, 2.75) is 25.4 Å². The molecule has 1 aromatic carbocycles. The van der Waals surface area contributed by atoms with Gasteiger partial charge in [-0.25, -0.2) is 4.98 Å². The topological polar surface area (TPSA) is 93.0 Å². The van der Waals surface area contributed by atoms with Crippen LogP contribution in [0.3, 0.4) is 0 Å². The van der Waals surface area contributed by atoms with Crippen LogP contribution in [-0.2, 0) is 6.54 Å². The molecule has 3 aromatic rings. The number of hydrogen-bond donors (Lipinski definition) is 1. The first-order valence-corrected chi connectivity index (χ1v) is 9.08. The minimum Gasteiger partial charge on any atom is -0.497 e. The smallest absolute Gasteiger partial charge is 0.206 e. The summed E-state index contributed by atoms with van der Waals surface area (Å²) in [6, 6.07) is 11.9. The lowest BCUT2D eigenvalue weighted by atomic mass is 10.1. The molecule has 2 N–H and O–H groups in total. The van der Waals surface area contributed by atoms with E-state index in [4.69, 9.17) is 20.7 Å². The molecule has 0 saturated carbocycles. The maximum Gasteiger partial charge on any atom is 0.206 e. The fourth-order valence-corrected chi connectivity index (χ4v) is 3.56. The number of nitriles is 1. The van der Waals surface area contributed by atoms with E-state index in [1.807, 2.05) is 24.3 Å². The normalized spacial score (nSPS) is 17.1. The molecule has 3 heterocycles. The molecular weight excluding hydrogens is 340 g/mol. The van der Waals surface area contributed by atoms with Gasteiger partial charge in [-0.3, -0.25) is 4.98 Å². The molecule has 7 nitrogen and oxygen atoms in total. The molecule has 0 amide bonds. The van der Waals surface area contributed by atoms with Crippen LogP contribution in [0.4, 0.5) is 5.95 Å². The van der Waals surface area contributed by atoms with Gasteiger partial charge in [-0.2, -0.15) is 5.26 Å². The van der Waals surface area contributed by atoms with E-state index >= 15 is 0 Å². The molecule has 1 atom stereocenters. The number of piperidine rings is 1. The van der Waals surface area contributed by atoms with Gasteiger partial charge in [0, 0.05) is 31.4 Å². The zero-order valence-electron chi connectivity index (χ0n) is 15.3. The third-order valence-electron chi connectivity index (χ3n) is 4.95. The maximum atomic E-state index is 8.98. The number of imidazole rings is 1. The van der Waals surface area contributed by atoms with Crippen LogP contribution in [0, 0.1) is 11.3 Å². The molecule has 1 aliphatic rings. The Balaban J connectivity index is 1.77. The zero-order valence-corrected chi connectivity index (χ0v) is 15.3. The first-order valence-electron chi connectivity index (χ1n) is 9.08. The van der Waals surface area contributed by atoms with E-state index in [0.717, 1.165) is 54.4 Å². The highest BCUT2D eigenvalue weighted by atomic mass is 16.5. The summed E-state index contributed by atoms with van der Waals surface area (Å²) in [7, 11) is 1.66. The van der Waals surface area contributed by atoms with Crippen LogP contribution >= 0.6 is 0 Å². The molecule has 7 heteroatoms. The molecule has 138 valence electrons. The molecule has 0 spiro atoms. The standard InChI is InChI=1S/C20H22N6O/c1-27-17-6-7-19-18(9-17)24-20(25-8-2-3-15(22)12-25)26(19)13-16-5-4-14(10-21)11-23-16/h4-7,9,11,15H,2-3,8,12-13,22H2,1H3. The van der Waals surface area contributed by atoms with Gasteiger partial charge in [0.15, 0.2) is 0 Å². The number of rotatable bonds is 4. The summed E-state index contributed by atoms with van der Waals surface area (Å²) in [5.41, 5.74) is 9.54. The van der Waals surface area contributed by atoms with E-state index in [0.29, 0.717) is 12.1 Å². The van der Waals surface area contributed by atoms with Crippen LogP contribution < -0.4 is 15.4 Å². The number of nitrogens with zero attached hydrogens (tertiary/aromatic N) is 5. The van der Waals surface area contributed by atoms with Crippen molar-refractivity contribution >= 4 is 17.0 Å². The maximum absolute atomic E-state index is 8.98. The van der Waals surface area contributed by atoms with Crippen molar-refractivity contribution in [1.29, 1.82) is 5.26 Å². The number of aromatic nitrogens is 3. The lowest BCUT2D eigenvalue weighted by Crippen LogP contribution is -2.44. The Morgan fingerprint density at radius 3 is 2.93 bits per heavy atom. The largest absolute Gasteiger partial charge is 0.497 e. The Bertz CT molecular complexity index is 988. The predicted molar refractivity (Wildman–Crippen MR) is 104 cm³/mol. The van der Waals surface area contributed by atoms with Gasteiger partial charge >= 0.3 is 0 Å².